The van der Waals surface area contributed by atoms with Crippen molar-refractivity contribution in [3.8, 4) is 11.5 Å². The van der Waals surface area contributed by atoms with E-state index in [9.17, 15) is 18.0 Å². The maximum absolute atomic E-state index is 13.6. The van der Waals surface area contributed by atoms with Crippen molar-refractivity contribution in [3.05, 3.63) is 83.8 Å². The molecule has 1 unspecified atom stereocenters. The first-order valence-electron chi connectivity index (χ1n) is 10.4. The van der Waals surface area contributed by atoms with E-state index in [1.807, 2.05) is 6.07 Å². The van der Waals surface area contributed by atoms with E-state index in [0.717, 1.165) is 0 Å². The Bertz CT molecular complexity index is 1370. The Morgan fingerprint density at radius 3 is 2.71 bits per heavy atom. The number of pyridine rings is 1. The average Bonchev–Trinajstić information content (AvgIpc) is 3.19. The van der Waals surface area contributed by atoms with E-state index in [4.69, 9.17) is 4.74 Å². The maximum atomic E-state index is 13.6. The number of carbonyl (C=O) groups excluding carboxylic acids is 1. The zero-order valence-corrected chi connectivity index (χ0v) is 18.0. The number of carbonyl (C=O) groups is 1. The SMILES string of the molecule is Cn1cc2c(C(=O)NC3(c4ccc(OC(F)(F)F)cc4)CCOc4cccnc43)cccc2n1. The number of benzene rings is 2. The highest BCUT2D eigenvalue weighted by molar-refractivity contribution is 6.06. The molecular weight excluding hydrogens is 449 g/mol. The number of nitrogens with one attached hydrogen (secondary N) is 1. The quantitative estimate of drug-likeness (QED) is 0.483. The first-order chi connectivity index (χ1) is 16.2. The Kier molecular flexibility index (Phi) is 5.15. The molecule has 1 atom stereocenters. The van der Waals surface area contributed by atoms with Gasteiger partial charge in [0.05, 0.1) is 17.7 Å². The Labute approximate surface area is 192 Å². The van der Waals surface area contributed by atoms with Crippen LogP contribution in [0, 0.1) is 0 Å². The van der Waals surface area contributed by atoms with E-state index in [2.05, 4.69) is 20.1 Å². The molecule has 174 valence electrons. The lowest BCUT2D eigenvalue weighted by atomic mass is 9.81. The van der Waals surface area contributed by atoms with Crippen LogP contribution in [-0.4, -0.2) is 33.6 Å². The van der Waals surface area contributed by atoms with Gasteiger partial charge in [-0.05, 0) is 42.0 Å². The third kappa shape index (κ3) is 3.91. The van der Waals surface area contributed by atoms with E-state index in [1.54, 1.807) is 48.4 Å². The van der Waals surface area contributed by atoms with Crippen molar-refractivity contribution in [2.75, 3.05) is 6.61 Å². The van der Waals surface area contributed by atoms with Gasteiger partial charge in [0.1, 0.15) is 22.7 Å². The van der Waals surface area contributed by atoms with Crippen molar-refractivity contribution < 1.29 is 27.4 Å². The second-order valence-corrected chi connectivity index (χ2v) is 7.92. The number of hydrogen-bond donors (Lipinski definition) is 1. The molecule has 4 aromatic rings. The van der Waals surface area contributed by atoms with Gasteiger partial charge >= 0.3 is 6.36 Å². The number of halogens is 3. The number of amides is 1. The Morgan fingerprint density at radius 1 is 1.15 bits per heavy atom. The van der Waals surface area contributed by atoms with Crippen LogP contribution >= 0.6 is 0 Å². The lowest BCUT2D eigenvalue weighted by Gasteiger charge is -2.39. The molecule has 10 heteroatoms. The summed E-state index contributed by atoms with van der Waals surface area (Å²) in [6.45, 7) is 0.275. The van der Waals surface area contributed by atoms with Gasteiger partial charge < -0.3 is 14.8 Å². The third-order valence-corrected chi connectivity index (χ3v) is 5.73. The highest BCUT2D eigenvalue weighted by atomic mass is 19.4. The summed E-state index contributed by atoms with van der Waals surface area (Å²) in [5, 5.41) is 8.14. The second-order valence-electron chi connectivity index (χ2n) is 7.92. The van der Waals surface area contributed by atoms with Crippen LogP contribution in [0.3, 0.4) is 0 Å². The number of ether oxygens (including phenoxy) is 2. The summed E-state index contributed by atoms with van der Waals surface area (Å²) in [7, 11) is 1.77. The van der Waals surface area contributed by atoms with E-state index in [-0.39, 0.29) is 18.3 Å². The zero-order chi connectivity index (χ0) is 23.9. The van der Waals surface area contributed by atoms with E-state index >= 15 is 0 Å². The molecule has 3 heterocycles. The van der Waals surface area contributed by atoms with Crippen LogP contribution in [0.4, 0.5) is 13.2 Å². The fourth-order valence-electron chi connectivity index (χ4n) is 4.30. The molecule has 1 aliphatic heterocycles. The largest absolute Gasteiger partial charge is 0.573 e. The molecule has 7 nitrogen and oxygen atoms in total. The Hall–Kier alpha value is -4.08. The van der Waals surface area contributed by atoms with Crippen molar-refractivity contribution >= 4 is 16.8 Å². The molecule has 0 saturated carbocycles. The summed E-state index contributed by atoms with van der Waals surface area (Å²) in [4.78, 5) is 18.1. The molecule has 2 aromatic carbocycles. The van der Waals surface area contributed by atoms with Gasteiger partial charge in [-0.2, -0.15) is 5.10 Å². The Morgan fingerprint density at radius 2 is 1.94 bits per heavy atom. The smallest absolute Gasteiger partial charge is 0.491 e. The minimum Gasteiger partial charge on any atom is -0.491 e. The van der Waals surface area contributed by atoms with Crippen LogP contribution in [0.1, 0.15) is 28.0 Å². The average molecular weight is 468 g/mol. The molecule has 2 aromatic heterocycles. The normalized spacial score (nSPS) is 17.6. The summed E-state index contributed by atoms with van der Waals surface area (Å²) in [5.41, 5.74) is 0.983. The fourth-order valence-corrected chi connectivity index (χ4v) is 4.30. The molecular formula is C24H19F3N4O3. The van der Waals surface area contributed by atoms with Crippen LogP contribution in [0.15, 0.2) is 67.0 Å². The molecule has 1 N–H and O–H groups in total. The fraction of sp³-hybridized carbons (Fsp3) is 0.208. The molecule has 0 fully saturated rings. The van der Waals surface area contributed by atoms with E-state index in [1.165, 1.54) is 24.3 Å². The molecule has 1 aliphatic rings. The molecule has 0 radical (unpaired) electrons. The van der Waals surface area contributed by atoms with Gasteiger partial charge in [0.25, 0.3) is 5.91 Å². The van der Waals surface area contributed by atoms with Crippen LogP contribution in [-0.2, 0) is 12.6 Å². The van der Waals surface area contributed by atoms with Gasteiger partial charge in [-0.25, -0.2) is 0 Å². The summed E-state index contributed by atoms with van der Waals surface area (Å²) in [5.74, 6) is -0.233. The van der Waals surface area contributed by atoms with Crippen LogP contribution in [0.25, 0.3) is 10.9 Å². The number of aromatic nitrogens is 3. The number of fused-ring (bicyclic) bond motifs is 2. The number of alkyl halides is 3. The third-order valence-electron chi connectivity index (χ3n) is 5.73. The lowest BCUT2D eigenvalue weighted by molar-refractivity contribution is -0.274. The standard InChI is InChI=1S/C24H19F3N4O3/c1-31-14-18-17(4-2-5-19(18)30-31)22(32)29-23(11-13-33-20-6-3-12-28-21(20)23)15-7-9-16(10-8-15)34-24(25,26)27/h2-10,12,14H,11,13H2,1H3,(H,29,32). The molecule has 0 saturated heterocycles. The lowest BCUT2D eigenvalue weighted by Crippen LogP contribution is -2.50. The predicted octanol–water partition coefficient (Wildman–Crippen LogP) is 4.32. The van der Waals surface area contributed by atoms with Crippen LogP contribution < -0.4 is 14.8 Å². The van der Waals surface area contributed by atoms with Gasteiger partial charge in [0.15, 0.2) is 0 Å². The predicted molar refractivity (Wildman–Crippen MR) is 116 cm³/mol. The van der Waals surface area contributed by atoms with Crippen molar-refractivity contribution in [1.82, 2.24) is 20.1 Å². The monoisotopic (exact) mass is 468 g/mol. The molecule has 5 rings (SSSR count). The molecule has 0 bridgehead atoms. The number of nitrogens with zero attached hydrogens (tertiary/aromatic N) is 3. The molecule has 0 aliphatic carbocycles. The van der Waals surface area contributed by atoms with Crippen molar-refractivity contribution in [1.29, 1.82) is 0 Å². The van der Waals surface area contributed by atoms with Gasteiger partial charge in [-0.3, -0.25) is 14.5 Å². The first kappa shape index (κ1) is 21.7. The minimum atomic E-state index is -4.80. The summed E-state index contributed by atoms with van der Waals surface area (Å²) >= 11 is 0. The van der Waals surface area contributed by atoms with E-state index in [0.29, 0.717) is 39.9 Å². The topological polar surface area (TPSA) is 78.3 Å². The summed E-state index contributed by atoms with van der Waals surface area (Å²) in [6.07, 6.45) is -1.14. The van der Waals surface area contributed by atoms with Gasteiger partial charge in [-0.15, -0.1) is 13.2 Å². The number of rotatable bonds is 4. The zero-order valence-electron chi connectivity index (χ0n) is 18.0. The van der Waals surface area contributed by atoms with Crippen LogP contribution in [0.2, 0.25) is 0 Å². The van der Waals surface area contributed by atoms with Crippen molar-refractivity contribution in [2.24, 2.45) is 7.05 Å². The van der Waals surface area contributed by atoms with Crippen molar-refractivity contribution in [3.63, 3.8) is 0 Å². The number of aryl methyl sites for hydroxylation is 1. The van der Waals surface area contributed by atoms with Crippen LogP contribution in [0.5, 0.6) is 11.5 Å². The number of hydrogen-bond acceptors (Lipinski definition) is 5. The molecule has 1 amide bonds. The van der Waals surface area contributed by atoms with Gasteiger partial charge in [0, 0.05) is 31.2 Å². The molecule has 0 spiro atoms. The van der Waals surface area contributed by atoms with E-state index < -0.39 is 11.9 Å². The van der Waals surface area contributed by atoms with Gasteiger partial charge in [0.2, 0.25) is 0 Å². The highest BCUT2D eigenvalue weighted by Crippen LogP contribution is 2.41. The van der Waals surface area contributed by atoms with Gasteiger partial charge in [-0.1, -0.05) is 18.2 Å². The first-order valence-corrected chi connectivity index (χ1v) is 10.4. The maximum Gasteiger partial charge on any atom is 0.573 e. The Balaban J connectivity index is 1.59. The van der Waals surface area contributed by atoms with Crippen molar-refractivity contribution in [2.45, 2.75) is 18.3 Å². The summed E-state index contributed by atoms with van der Waals surface area (Å²) in [6, 6.07) is 14.1. The second kappa shape index (κ2) is 8.05. The molecule has 34 heavy (non-hydrogen) atoms. The summed E-state index contributed by atoms with van der Waals surface area (Å²) < 4.78 is 49.3. The minimum absolute atomic E-state index is 0.275. The highest BCUT2D eigenvalue weighted by Gasteiger charge is 2.43.